The maximum Gasteiger partial charge on any atom is 0.120 e. The summed E-state index contributed by atoms with van der Waals surface area (Å²) in [4.78, 5) is 2.43. The Bertz CT molecular complexity index is 312. The standard InChI is InChI=1S/C13H19NO/c1-3-14-10-9-13(2,11-14)15-12-7-5-4-6-8-12/h4-8H,3,9-11H2,1-2H3. The number of rotatable bonds is 3. The summed E-state index contributed by atoms with van der Waals surface area (Å²) in [5.74, 6) is 0.984. The highest BCUT2D eigenvalue weighted by atomic mass is 16.5. The van der Waals surface area contributed by atoms with Gasteiger partial charge in [-0.2, -0.15) is 0 Å². The van der Waals surface area contributed by atoms with Crippen LogP contribution in [0.25, 0.3) is 0 Å². The summed E-state index contributed by atoms with van der Waals surface area (Å²) in [6.07, 6.45) is 1.12. The second-order valence-corrected chi connectivity index (χ2v) is 4.48. The van der Waals surface area contributed by atoms with E-state index < -0.39 is 0 Å². The molecule has 2 rings (SSSR count). The molecular weight excluding hydrogens is 186 g/mol. The van der Waals surface area contributed by atoms with Crippen LogP contribution in [0.15, 0.2) is 30.3 Å². The number of hydrogen-bond donors (Lipinski definition) is 0. The number of likely N-dealkylation sites (tertiary alicyclic amines) is 1. The van der Waals surface area contributed by atoms with E-state index in [1.54, 1.807) is 0 Å². The quantitative estimate of drug-likeness (QED) is 0.752. The van der Waals surface area contributed by atoms with Crippen LogP contribution in [-0.2, 0) is 0 Å². The van der Waals surface area contributed by atoms with Gasteiger partial charge in [-0.25, -0.2) is 0 Å². The summed E-state index contributed by atoms with van der Waals surface area (Å²) in [6.45, 7) is 7.72. The van der Waals surface area contributed by atoms with Crippen molar-refractivity contribution in [3.63, 3.8) is 0 Å². The normalized spacial score (nSPS) is 26.8. The van der Waals surface area contributed by atoms with E-state index in [0.717, 1.165) is 31.8 Å². The van der Waals surface area contributed by atoms with Crippen LogP contribution in [-0.4, -0.2) is 30.1 Å². The topological polar surface area (TPSA) is 12.5 Å². The van der Waals surface area contributed by atoms with E-state index in [2.05, 4.69) is 18.7 Å². The average Bonchev–Trinajstić information content (AvgIpc) is 2.61. The zero-order chi connectivity index (χ0) is 10.7. The molecule has 0 radical (unpaired) electrons. The highest BCUT2D eigenvalue weighted by Crippen LogP contribution is 2.27. The van der Waals surface area contributed by atoms with E-state index in [1.807, 2.05) is 30.3 Å². The molecule has 0 spiro atoms. The van der Waals surface area contributed by atoms with Gasteiger partial charge in [0.05, 0.1) is 0 Å². The van der Waals surface area contributed by atoms with Gasteiger partial charge in [-0.15, -0.1) is 0 Å². The van der Waals surface area contributed by atoms with Crippen LogP contribution in [0.5, 0.6) is 5.75 Å². The van der Waals surface area contributed by atoms with E-state index in [-0.39, 0.29) is 5.60 Å². The molecule has 1 saturated heterocycles. The average molecular weight is 205 g/mol. The van der Waals surface area contributed by atoms with Gasteiger partial charge < -0.3 is 4.74 Å². The predicted octanol–water partition coefficient (Wildman–Crippen LogP) is 2.55. The molecule has 15 heavy (non-hydrogen) atoms. The lowest BCUT2D eigenvalue weighted by atomic mass is 10.1. The minimum absolute atomic E-state index is 0.00262. The molecule has 1 atom stereocenters. The van der Waals surface area contributed by atoms with E-state index in [0.29, 0.717) is 0 Å². The molecule has 0 bridgehead atoms. The third-order valence-electron chi connectivity index (χ3n) is 3.07. The van der Waals surface area contributed by atoms with Crippen molar-refractivity contribution in [2.45, 2.75) is 25.9 Å². The molecule has 1 fully saturated rings. The molecule has 1 aliphatic heterocycles. The molecule has 0 saturated carbocycles. The number of hydrogen-bond acceptors (Lipinski definition) is 2. The van der Waals surface area contributed by atoms with Crippen molar-refractivity contribution in [2.75, 3.05) is 19.6 Å². The van der Waals surface area contributed by atoms with Gasteiger partial charge in [0.1, 0.15) is 11.4 Å². The van der Waals surface area contributed by atoms with Crippen molar-refractivity contribution in [2.24, 2.45) is 0 Å². The molecule has 1 aliphatic rings. The van der Waals surface area contributed by atoms with Gasteiger partial charge in [-0.1, -0.05) is 25.1 Å². The molecule has 1 aromatic rings. The Labute approximate surface area is 91.9 Å². The maximum absolute atomic E-state index is 6.05. The fourth-order valence-corrected chi connectivity index (χ4v) is 2.15. The molecular formula is C13H19NO. The van der Waals surface area contributed by atoms with Crippen molar-refractivity contribution < 1.29 is 4.74 Å². The van der Waals surface area contributed by atoms with Crippen LogP contribution in [0.3, 0.4) is 0 Å². The van der Waals surface area contributed by atoms with Crippen molar-refractivity contribution in [1.82, 2.24) is 4.90 Å². The first-order valence-corrected chi connectivity index (χ1v) is 5.68. The van der Waals surface area contributed by atoms with Crippen LogP contribution in [0, 0.1) is 0 Å². The van der Waals surface area contributed by atoms with E-state index >= 15 is 0 Å². The summed E-state index contributed by atoms with van der Waals surface area (Å²) in [5.41, 5.74) is -0.00262. The SMILES string of the molecule is CCN1CCC(C)(Oc2ccccc2)C1. The van der Waals surface area contributed by atoms with Crippen molar-refractivity contribution in [1.29, 1.82) is 0 Å². The van der Waals surface area contributed by atoms with Crippen LogP contribution in [0.4, 0.5) is 0 Å². The monoisotopic (exact) mass is 205 g/mol. The lowest BCUT2D eigenvalue weighted by Gasteiger charge is -2.26. The lowest BCUT2D eigenvalue weighted by molar-refractivity contribution is 0.0970. The number of nitrogens with zero attached hydrogens (tertiary/aromatic N) is 1. The summed E-state index contributed by atoms with van der Waals surface area (Å²) in [5, 5.41) is 0. The van der Waals surface area contributed by atoms with Gasteiger partial charge in [-0.05, 0) is 25.6 Å². The Kier molecular flexibility index (Phi) is 2.96. The highest BCUT2D eigenvalue weighted by molar-refractivity contribution is 5.22. The van der Waals surface area contributed by atoms with Gasteiger partial charge in [0.25, 0.3) is 0 Å². The van der Waals surface area contributed by atoms with Crippen molar-refractivity contribution >= 4 is 0 Å². The smallest absolute Gasteiger partial charge is 0.120 e. The molecule has 2 nitrogen and oxygen atoms in total. The highest BCUT2D eigenvalue weighted by Gasteiger charge is 2.34. The Morgan fingerprint density at radius 1 is 1.33 bits per heavy atom. The second kappa shape index (κ2) is 4.23. The van der Waals surface area contributed by atoms with Crippen molar-refractivity contribution in [3.05, 3.63) is 30.3 Å². The largest absolute Gasteiger partial charge is 0.486 e. The number of benzene rings is 1. The lowest BCUT2D eigenvalue weighted by Crippen LogP contribution is -2.36. The first-order chi connectivity index (χ1) is 7.22. The number of likely N-dealkylation sites (N-methyl/N-ethyl adjacent to an activating group) is 1. The fourth-order valence-electron chi connectivity index (χ4n) is 2.15. The van der Waals surface area contributed by atoms with E-state index in [9.17, 15) is 0 Å². The molecule has 0 aromatic heterocycles. The van der Waals surface area contributed by atoms with Crippen LogP contribution >= 0.6 is 0 Å². The summed E-state index contributed by atoms with van der Waals surface area (Å²) < 4.78 is 6.05. The Morgan fingerprint density at radius 3 is 2.67 bits per heavy atom. The minimum Gasteiger partial charge on any atom is -0.486 e. The zero-order valence-electron chi connectivity index (χ0n) is 9.57. The van der Waals surface area contributed by atoms with Crippen molar-refractivity contribution in [3.8, 4) is 5.75 Å². The van der Waals surface area contributed by atoms with E-state index in [1.165, 1.54) is 0 Å². The van der Waals surface area contributed by atoms with Crippen LogP contribution in [0.1, 0.15) is 20.3 Å². The van der Waals surface area contributed by atoms with Gasteiger partial charge in [0.15, 0.2) is 0 Å². The minimum atomic E-state index is -0.00262. The molecule has 0 amide bonds. The third kappa shape index (κ3) is 2.51. The zero-order valence-corrected chi connectivity index (χ0v) is 9.57. The molecule has 0 N–H and O–H groups in total. The summed E-state index contributed by atoms with van der Waals surface area (Å²) in [7, 11) is 0. The first kappa shape index (κ1) is 10.5. The molecule has 82 valence electrons. The predicted molar refractivity (Wildman–Crippen MR) is 62.2 cm³/mol. The van der Waals surface area contributed by atoms with Crippen LogP contribution in [0.2, 0.25) is 0 Å². The fraction of sp³-hybridized carbons (Fsp3) is 0.538. The molecule has 1 aromatic carbocycles. The number of ether oxygens (including phenoxy) is 1. The van der Waals surface area contributed by atoms with Gasteiger partial charge in [0, 0.05) is 19.5 Å². The third-order valence-corrected chi connectivity index (χ3v) is 3.07. The Hall–Kier alpha value is -1.02. The Balaban J connectivity index is 2.00. The van der Waals surface area contributed by atoms with Gasteiger partial charge >= 0.3 is 0 Å². The molecule has 0 aliphatic carbocycles. The van der Waals surface area contributed by atoms with Gasteiger partial charge in [0.2, 0.25) is 0 Å². The molecule has 1 heterocycles. The maximum atomic E-state index is 6.05. The van der Waals surface area contributed by atoms with E-state index in [4.69, 9.17) is 4.74 Å². The Morgan fingerprint density at radius 2 is 2.07 bits per heavy atom. The summed E-state index contributed by atoms with van der Waals surface area (Å²) >= 11 is 0. The first-order valence-electron chi connectivity index (χ1n) is 5.68. The summed E-state index contributed by atoms with van der Waals surface area (Å²) in [6, 6.07) is 10.1. The number of para-hydroxylation sites is 1. The molecule has 2 heteroatoms. The van der Waals surface area contributed by atoms with Gasteiger partial charge in [-0.3, -0.25) is 4.90 Å². The molecule has 1 unspecified atom stereocenters. The van der Waals surface area contributed by atoms with Crippen LogP contribution < -0.4 is 4.74 Å². The second-order valence-electron chi connectivity index (χ2n) is 4.48.